The number of rotatable bonds is 3. The summed E-state index contributed by atoms with van der Waals surface area (Å²) in [5, 5.41) is 9.99. The lowest BCUT2D eigenvalue weighted by atomic mass is 10.0. The molecule has 94 valence electrons. The maximum absolute atomic E-state index is 13.0. The van der Waals surface area contributed by atoms with Crippen molar-refractivity contribution in [1.29, 1.82) is 0 Å². The molecule has 0 saturated heterocycles. The van der Waals surface area contributed by atoms with Gasteiger partial charge in [-0.15, -0.1) is 0 Å². The SMILES string of the molecule is Nc1cccc(C(O)Cc2ccc(F)c(F)c2)c1. The standard InChI is InChI=1S/C14H13F2NO/c15-12-5-4-9(6-13(12)16)7-14(18)10-2-1-3-11(17)8-10/h1-6,8,14,18H,7,17H2. The molecule has 0 radical (unpaired) electrons. The fourth-order valence-corrected chi connectivity index (χ4v) is 1.77. The average Bonchev–Trinajstić information content (AvgIpc) is 2.34. The van der Waals surface area contributed by atoms with E-state index in [0.29, 0.717) is 16.8 Å². The van der Waals surface area contributed by atoms with Crippen LogP contribution in [0, 0.1) is 11.6 Å². The topological polar surface area (TPSA) is 46.2 Å². The highest BCUT2D eigenvalue weighted by atomic mass is 19.2. The second kappa shape index (κ2) is 5.14. The maximum atomic E-state index is 13.0. The monoisotopic (exact) mass is 249 g/mol. The van der Waals surface area contributed by atoms with Crippen LogP contribution in [0.4, 0.5) is 14.5 Å². The number of aliphatic hydroxyl groups is 1. The zero-order valence-electron chi connectivity index (χ0n) is 9.61. The van der Waals surface area contributed by atoms with Gasteiger partial charge in [0.05, 0.1) is 6.10 Å². The number of hydrogen-bond acceptors (Lipinski definition) is 2. The van der Waals surface area contributed by atoms with E-state index in [2.05, 4.69) is 0 Å². The van der Waals surface area contributed by atoms with Crippen LogP contribution >= 0.6 is 0 Å². The maximum Gasteiger partial charge on any atom is 0.159 e. The van der Waals surface area contributed by atoms with Crippen LogP contribution in [0.15, 0.2) is 42.5 Å². The first-order valence-electron chi connectivity index (χ1n) is 5.53. The van der Waals surface area contributed by atoms with Crippen LogP contribution in [0.1, 0.15) is 17.2 Å². The Kier molecular flexibility index (Phi) is 3.58. The largest absolute Gasteiger partial charge is 0.399 e. The van der Waals surface area contributed by atoms with Gasteiger partial charge in [-0.05, 0) is 35.4 Å². The van der Waals surface area contributed by atoms with Gasteiger partial charge in [-0.1, -0.05) is 18.2 Å². The summed E-state index contributed by atoms with van der Waals surface area (Å²) in [4.78, 5) is 0. The second-order valence-electron chi connectivity index (χ2n) is 4.14. The molecule has 2 rings (SSSR count). The molecular formula is C14H13F2NO. The molecule has 0 fully saturated rings. The van der Waals surface area contributed by atoms with Gasteiger partial charge in [0.25, 0.3) is 0 Å². The third-order valence-electron chi connectivity index (χ3n) is 2.71. The number of nitrogen functional groups attached to an aromatic ring is 1. The first kappa shape index (κ1) is 12.5. The van der Waals surface area contributed by atoms with Crippen molar-refractivity contribution >= 4 is 5.69 Å². The van der Waals surface area contributed by atoms with Gasteiger partial charge in [-0.25, -0.2) is 8.78 Å². The number of aliphatic hydroxyl groups excluding tert-OH is 1. The van der Waals surface area contributed by atoms with Gasteiger partial charge < -0.3 is 10.8 Å². The van der Waals surface area contributed by atoms with Crippen molar-refractivity contribution in [3.63, 3.8) is 0 Å². The molecule has 2 aromatic rings. The summed E-state index contributed by atoms with van der Waals surface area (Å²) in [5.74, 6) is -1.80. The van der Waals surface area contributed by atoms with Crippen molar-refractivity contribution in [2.75, 3.05) is 5.73 Å². The Hall–Kier alpha value is -1.94. The van der Waals surface area contributed by atoms with E-state index in [1.165, 1.54) is 6.07 Å². The fourth-order valence-electron chi connectivity index (χ4n) is 1.77. The van der Waals surface area contributed by atoms with Crippen LogP contribution in [0.3, 0.4) is 0 Å². The Balaban J connectivity index is 2.16. The molecule has 1 atom stereocenters. The molecule has 3 N–H and O–H groups in total. The minimum atomic E-state index is -0.910. The molecular weight excluding hydrogens is 236 g/mol. The summed E-state index contributed by atoms with van der Waals surface area (Å²) in [5.41, 5.74) is 7.35. The number of nitrogens with two attached hydrogens (primary N) is 1. The lowest BCUT2D eigenvalue weighted by molar-refractivity contribution is 0.178. The summed E-state index contributed by atoms with van der Waals surface area (Å²) in [6.45, 7) is 0. The molecule has 2 nitrogen and oxygen atoms in total. The number of benzene rings is 2. The van der Waals surface area contributed by atoms with Crippen molar-refractivity contribution in [3.05, 3.63) is 65.2 Å². The van der Waals surface area contributed by atoms with E-state index < -0.39 is 17.7 Å². The molecule has 0 heterocycles. The minimum Gasteiger partial charge on any atom is -0.399 e. The lowest BCUT2D eigenvalue weighted by Crippen LogP contribution is -2.03. The number of halogens is 2. The predicted octanol–water partition coefficient (Wildman–Crippen LogP) is 2.82. The fraction of sp³-hybridized carbons (Fsp3) is 0.143. The first-order valence-corrected chi connectivity index (χ1v) is 5.53. The number of anilines is 1. The van der Waals surface area contributed by atoms with Gasteiger partial charge in [-0.2, -0.15) is 0 Å². The van der Waals surface area contributed by atoms with Crippen molar-refractivity contribution in [3.8, 4) is 0 Å². The van der Waals surface area contributed by atoms with Gasteiger partial charge in [0.2, 0.25) is 0 Å². The minimum absolute atomic E-state index is 0.209. The van der Waals surface area contributed by atoms with Crippen molar-refractivity contribution in [2.45, 2.75) is 12.5 Å². The zero-order valence-corrected chi connectivity index (χ0v) is 9.61. The van der Waals surface area contributed by atoms with E-state index >= 15 is 0 Å². The Morgan fingerprint density at radius 2 is 1.83 bits per heavy atom. The third-order valence-corrected chi connectivity index (χ3v) is 2.71. The lowest BCUT2D eigenvalue weighted by Gasteiger charge is -2.11. The van der Waals surface area contributed by atoms with Crippen molar-refractivity contribution in [1.82, 2.24) is 0 Å². The van der Waals surface area contributed by atoms with Crippen LogP contribution in [0.5, 0.6) is 0 Å². The summed E-state index contributed by atoms with van der Waals surface area (Å²) >= 11 is 0. The molecule has 0 aliphatic heterocycles. The number of hydrogen-bond donors (Lipinski definition) is 2. The molecule has 2 aromatic carbocycles. The Bertz CT molecular complexity index is 557. The smallest absolute Gasteiger partial charge is 0.159 e. The highest BCUT2D eigenvalue weighted by Gasteiger charge is 2.10. The molecule has 18 heavy (non-hydrogen) atoms. The highest BCUT2D eigenvalue weighted by Crippen LogP contribution is 2.21. The summed E-state index contributed by atoms with van der Waals surface area (Å²) in [7, 11) is 0. The Labute approximate surface area is 104 Å². The van der Waals surface area contributed by atoms with Crippen LogP contribution in [-0.2, 0) is 6.42 Å². The first-order chi connectivity index (χ1) is 8.56. The molecule has 0 bridgehead atoms. The summed E-state index contributed by atoms with van der Waals surface area (Å²) in [6, 6.07) is 10.4. The molecule has 4 heteroatoms. The van der Waals surface area contributed by atoms with Crippen LogP contribution < -0.4 is 5.73 Å². The van der Waals surface area contributed by atoms with Crippen molar-refractivity contribution in [2.24, 2.45) is 0 Å². The quantitative estimate of drug-likeness (QED) is 0.822. The molecule has 0 aliphatic rings. The van der Waals surface area contributed by atoms with E-state index in [9.17, 15) is 13.9 Å². The van der Waals surface area contributed by atoms with Gasteiger partial charge in [0.1, 0.15) is 0 Å². The normalized spacial score (nSPS) is 12.4. The summed E-state index contributed by atoms with van der Waals surface area (Å²) in [6.07, 6.45) is -0.584. The molecule has 1 unspecified atom stereocenters. The third kappa shape index (κ3) is 2.84. The van der Waals surface area contributed by atoms with Gasteiger partial charge in [-0.3, -0.25) is 0 Å². The molecule has 0 aliphatic carbocycles. The van der Waals surface area contributed by atoms with E-state index in [4.69, 9.17) is 5.73 Å². The molecule has 0 saturated carbocycles. The van der Waals surface area contributed by atoms with E-state index in [0.717, 1.165) is 12.1 Å². The Morgan fingerprint density at radius 1 is 1.06 bits per heavy atom. The van der Waals surface area contributed by atoms with Gasteiger partial charge in [0.15, 0.2) is 11.6 Å². The summed E-state index contributed by atoms with van der Waals surface area (Å²) < 4.78 is 25.8. The molecule has 0 amide bonds. The van der Waals surface area contributed by atoms with E-state index in [-0.39, 0.29) is 6.42 Å². The zero-order chi connectivity index (χ0) is 13.1. The van der Waals surface area contributed by atoms with E-state index in [1.54, 1.807) is 24.3 Å². The van der Waals surface area contributed by atoms with Gasteiger partial charge in [0, 0.05) is 12.1 Å². The van der Waals surface area contributed by atoms with Crippen LogP contribution in [-0.4, -0.2) is 5.11 Å². The second-order valence-corrected chi connectivity index (χ2v) is 4.14. The average molecular weight is 249 g/mol. The van der Waals surface area contributed by atoms with E-state index in [1.807, 2.05) is 0 Å². The van der Waals surface area contributed by atoms with Crippen molar-refractivity contribution < 1.29 is 13.9 Å². The van der Waals surface area contributed by atoms with Crippen LogP contribution in [0.25, 0.3) is 0 Å². The highest BCUT2D eigenvalue weighted by molar-refractivity contribution is 5.41. The molecule has 0 aromatic heterocycles. The molecule has 0 spiro atoms. The van der Waals surface area contributed by atoms with Gasteiger partial charge >= 0.3 is 0 Å². The van der Waals surface area contributed by atoms with Crippen LogP contribution in [0.2, 0.25) is 0 Å². The Morgan fingerprint density at radius 3 is 2.50 bits per heavy atom. The predicted molar refractivity (Wildman–Crippen MR) is 65.9 cm³/mol.